The Morgan fingerprint density at radius 1 is 1.25 bits per heavy atom. The number of amides is 1. The number of anilines is 1. The number of thiophene rings is 1. The first-order valence-electron chi connectivity index (χ1n) is 11.2. The maximum atomic E-state index is 13.4. The normalized spacial score (nSPS) is 14.6. The average Bonchev–Trinajstić information content (AvgIpc) is 3.22. The lowest BCUT2D eigenvalue weighted by Gasteiger charge is -2.36. The zero-order valence-electron chi connectivity index (χ0n) is 19.2. The molecule has 0 bridgehead atoms. The summed E-state index contributed by atoms with van der Waals surface area (Å²) in [4.78, 5) is 31.1. The predicted octanol–water partition coefficient (Wildman–Crippen LogP) is 4.45. The van der Waals surface area contributed by atoms with Gasteiger partial charge in [-0.3, -0.25) is 9.59 Å². The molecule has 0 saturated carbocycles. The summed E-state index contributed by atoms with van der Waals surface area (Å²) in [6, 6.07) is 6.58. The monoisotopic (exact) mass is 453 g/mol. The van der Waals surface area contributed by atoms with E-state index >= 15 is 0 Å². The van der Waals surface area contributed by atoms with Crippen molar-refractivity contribution in [3.63, 3.8) is 0 Å². The Morgan fingerprint density at radius 2 is 2.00 bits per heavy atom. The molecule has 7 heteroatoms. The van der Waals surface area contributed by atoms with Crippen LogP contribution in [0.3, 0.4) is 0 Å². The zero-order valence-corrected chi connectivity index (χ0v) is 20.0. The summed E-state index contributed by atoms with van der Waals surface area (Å²) in [5.74, 6) is -0.143. The van der Waals surface area contributed by atoms with E-state index in [2.05, 4.69) is 28.2 Å². The number of aromatic nitrogens is 1. The van der Waals surface area contributed by atoms with Gasteiger partial charge in [0.05, 0.1) is 5.56 Å². The van der Waals surface area contributed by atoms with E-state index in [0.29, 0.717) is 17.2 Å². The number of rotatable bonds is 6. The molecule has 1 aliphatic heterocycles. The maximum absolute atomic E-state index is 13.4. The number of nitrogens with zero attached hydrogens (tertiary/aromatic N) is 1. The molecule has 0 aliphatic carbocycles. The van der Waals surface area contributed by atoms with Crippen molar-refractivity contribution < 1.29 is 9.53 Å². The summed E-state index contributed by atoms with van der Waals surface area (Å²) in [5.41, 5.74) is 4.95. The minimum Gasteiger partial charge on any atom is -0.381 e. The number of H-pyrrole nitrogens is 1. The highest BCUT2D eigenvalue weighted by Crippen LogP contribution is 2.36. The van der Waals surface area contributed by atoms with Gasteiger partial charge in [-0.1, -0.05) is 0 Å². The van der Waals surface area contributed by atoms with Crippen LogP contribution in [0.15, 0.2) is 28.4 Å². The summed E-state index contributed by atoms with van der Waals surface area (Å²) < 4.78 is 6.67. The predicted molar refractivity (Wildman–Crippen MR) is 131 cm³/mol. The van der Waals surface area contributed by atoms with Crippen LogP contribution in [0.4, 0.5) is 5.69 Å². The van der Waals surface area contributed by atoms with Crippen molar-refractivity contribution in [2.45, 2.75) is 53.1 Å². The van der Waals surface area contributed by atoms with E-state index < -0.39 is 0 Å². The molecule has 0 atom stereocenters. The van der Waals surface area contributed by atoms with E-state index in [0.717, 1.165) is 65.2 Å². The van der Waals surface area contributed by atoms with Crippen molar-refractivity contribution in [2.75, 3.05) is 24.7 Å². The third kappa shape index (κ3) is 4.32. The summed E-state index contributed by atoms with van der Waals surface area (Å²) in [5, 5.41) is 6.01. The molecule has 1 aliphatic rings. The Bertz CT molecular complexity index is 1190. The van der Waals surface area contributed by atoms with E-state index in [1.807, 2.05) is 38.3 Å². The van der Waals surface area contributed by atoms with Crippen molar-refractivity contribution in [3.05, 3.63) is 61.9 Å². The first-order chi connectivity index (χ1) is 15.4. The highest BCUT2D eigenvalue weighted by atomic mass is 32.1. The first kappa shape index (κ1) is 22.6. The van der Waals surface area contributed by atoms with Crippen molar-refractivity contribution >= 4 is 33.0 Å². The van der Waals surface area contributed by atoms with Crippen molar-refractivity contribution in [2.24, 2.45) is 0 Å². The van der Waals surface area contributed by atoms with Gasteiger partial charge in [0.2, 0.25) is 0 Å². The molecule has 0 radical (unpaired) electrons. The van der Waals surface area contributed by atoms with Crippen LogP contribution < -0.4 is 15.8 Å². The summed E-state index contributed by atoms with van der Waals surface area (Å²) >= 11 is 1.65. The molecule has 0 spiro atoms. The highest BCUT2D eigenvalue weighted by Gasteiger charge is 2.25. The number of benzene rings is 1. The standard InChI is InChI=1S/C25H31N3O3S/c1-5-28(18-6-9-31-10-7-18)21-13-22-19(8-11-32-22)23(17(21)4)25(30)26-14-20-15(2)12-16(3)27-24(20)29/h8,11-13,18H,5-7,9-10,14H2,1-4H3,(H,26,30)(H,27,29). The second-order valence-corrected chi connectivity index (χ2v) is 9.43. The van der Waals surface area contributed by atoms with Crippen LogP contribution >= 0.6 is 11.3 Å². The molecule has 6 nitrogen and oxygen atoms in total. The molecule has 3 heterocycles. The van der Waals surface area contributed by atoms with Crippen LogP contribution in [0, 0.1) is 20.8 Å². The molecule has 2 aromatic heterocycles. The summed E-state index contributed by atoms with van der Waals surface area (Å²) in [6.07, 6.45) is 1.99. The smallest absolute Gasteiger partial charge is 0.253 e. The highest BCUT2D eigenvalue weighted by molar-refractivity contribution is 7.17. The lowest BCUT2D eigenvalue weighted by atomic mass is 9.98. The molecule has 170 valence electrons. The van der Waals surface area contributed by atoms with Crippen LogP contribution in [0.25, 0.3) is 10.1 Å². The molecular formula is C25H31N3O3S. The van der Waals surface area contributed by atoms with Crippen molar-refractivity contribution in [1.29, 1.82) is 0 Å². The van der Waals surface area contributed by atoms with Gasteiger partial charge in [-0.2, -0.15) is 0 Å². The van der Waals surface area contributed by atoms with E-state index in [1.165, 1.54) is 0 Å². The fourth-order valence-corrected chi connectivity index (χ4v) is 5.60. The third-order valence-electron chi connectivity index (χ3n) is 6.42. The fourth-order valence-electron chi connectivity index (χ4n) is 4.77. The SMILES string of the molecule is CCN(c1cc2sccc2c(C(=O)NCc2c(C)cc(C)[nH]c2=O)c1C)C1CCOCC1. The minimum atomic E-state index is -0.148. The number of aromatic amines is 1. The Labute approximate surface area is 192 Å². The molecule has 1 amide bonds. The molecule has 0 unspecified atom stereocenters. The van der Waals surface area contributed by atoms with Crippen LogP contribution in [0.5, 0.6) is 0 Å². The largest absolute Gasteiger partial charge is 0.381 e. The van der Waals surface area contributed by atoms with E-state index in [9.17, 15) is 9.59 Å². The molecule has 1 aromatic carbocycles. The lowest BCUT2D eigenvalue weighted by molar-refractivity contribution is 0.0846. The van der Waals surface area contributed by atoms with Crippen molar-refractivity contribution in [3.8, 4) is 0 Å². The summed E-state index contributed by atoms with van der Waals surface area (Å²) in [6.45, 7) is 10.6. The average molecular weight is 454 g/mol. The summed E-state index contributed by atoms with van der Waals surface area (Å²) in [7, 11) is 0. The van der Waals surface area contributed by atoms with Gasteiger partial charge in [0.1, 0.15) is 0 Å². The van der Waals surface area contributed by atoms with Gasteiger partial charge in [0.25, 0.3) is 11.5 Å². The molecular weight excluding hydrogens is 422 g/mol. The van der Waals surface area contributed by atoms with Crippen LogP contribution in [-0.4, -0.2) is 36.7 Å². The topological polar surface area (TPSA) is 74.4 Å². The number of nitrogens with one attached hydrogen (secondary N) is 2. The maximum Gasteiger partial charge on any atom is 0.253 e. The number of ether oxygens (including phenoxy) is 1. The molecule has 32 heavy (non-hydrogen) atoms. The van der Waals surface area contributed by atoms with Gasteiger partial charge in [0, 0.05) is 59.4 Å². The molecule has 3 aromatic rings. The Kier molecular flexibility index (Phi) is 6.67. The second-order valence-electron chi connectivity index (χ2n) is 8.48. The lowest BCUT2D eigenvalue weighted by Crippen LogP contribution is -2.40. The van der Waals surface area contributed by atoms with Crippen molar-refractivity contribution in [1.82, 2.24) is 10.3 Å². The molecule has 4 rings (SSSR count). The Balaban J connectivity index is 1.69. The number of carbonyl (C=O) groups is 1. The molecule has 1 saturated heterocycles. The Hall–Kier alpha value is -2.64. The number of carbonyl (C=O) groups excluding carboxylic acids is 1. The van der Waals surface area contributed by atoms with E-state index in [1.54, 1.807) is 11.3 Å². The number of fused-ring (bicyclic) bond motifs is 1. The molecule has 1 fully saturated rings. The third-order valence-corrected chi connectivity index (χ3v) is 7.28. The zero-order chi connectivity index (χ0) is 22.8. The van der Waals surface area contributed by atoms with Crippen LogP contribution in [0.1, 0.15) is 52.5 Å². The van der Waals surface area contributed by atoms with Crippen LogP contribution in [0.2, 0.25) is 0 Å². The number of aryl methyl sites for hydroxylation is 2. The second kappa shape index (κ2) is 9.46. The van der Waals surface area contributed by atoms with Gasteiger partial charge in [0.15, 0.2) is 0 Å². The van der Waals surface area contributed by atoms with Gasteiger partial charge in [-0.25, -0.2) is 0 Å². The van der Waals surface area contributed by atoms with Gasteiger partial charge in [-0.15, -0.1) is 11.3 Å². The Morgan fingerprint density at radius 3 is 2.69 bits per heavy atom. The van der Waals surface area contributed by atoms with E-state index in [-0.39, 0.29) is 18.0 Å². The van der Waals surface area contributed by atoms with Gasteiger partial charge in [-0.05, 0) is 75.2 Å². The minimum absolute atomic E-state index is 0.143. The quantitative estimate of drug-likeness (QED) is 0.578. The fraction of sp³-hybridized carbons (Fsp3) is 0.440. The number of hydrogen-bond donors (Lipinski definition) is 2. The van der Waals surface area contributed by atoms with E-state index in [4.69, 9.17) is 4.74 Å². The number of hydrogen-bond acceptors (Lipinski definition) is 5. The first-order valence-corrected chi connectivity index (χ1v) is 12.1. The van der Waals surface area contributed by atoms with Gasteiger partial charge < -0.3 is 19.9 Å². The van der Waals surface area contributed by atoms with Gasteiger partial charge >= 0.3 is 0 Å². The molecule has 2 N–H and O–H groups in total. The number of pyridine rings is 1. The van der Waals surface area contributed by atoms with Crippen LogP contribution in [-0.2, 0) is 11.3 Å².